The van der Waals surface area contributed by atoms with Crippen molar-refractivity contribution in [2.45, 2.75) is 6.42 Å². The molecule has 4 nitrogen and oxygen atoms in total. The molecule has 0 spiro atoms. The van der Waals surface area contributed by atoms with Crippen LogP contribution in [0, 0.1) is 0 Å². The largest absolute Gasteiger partial charge is 0.330 e. The molecule has 0 saturated carbocycles. The van der Waals surface area contributed by atoms with Crippen molar-refractivity contribution in [1.29, 1.82) is 0 Å². The second-order valence-corrected chi connectivity index (χ2v) is 2.83. The molecule has 1 aromatic carbocycles. The summed E-state index contributed by atoms with van der Waals surface area (Å²) in [6.45, 7) is 0.740. The van der Waals surface area contributed by atoms with E-state index in [-0.39, 0.29) is 0 Å². The summed E-state index contributed by atoms with van der Waals surface area (Å²) in [7, 11) is -2.62. The van der Waals surface area contributed by atoms with Crippen molar-refractivity contribution >= 4 is 8.60 Å². The smallest absolute Gasteiger partial charge is 0.324 e. The fourth-order valence-electron chi connectivity index (χ4n) is 0.811. The molecule has 5 N–H and O–H groups in total. The molecule has 1 aromatic rings. The molecule has 0 unspecified atom stereocenters. The third-order valence-electron chi connectivity index (χ3n) is 1.28. The zero-order chi connectivity index (χ0) is 10.1. The summed E-state index contributed by atoms with van der Waals surface area (Å²) in [5.41, 5.74) is 6.68. The van der Waals surface area contributed by atoms with Crippen LogP contribution in [0.4, 0.5) is 0 Å². The first-order chi connectivity index (χ1) is 6.16. The second kappa shape index (κ2) is 8.10. The average Bonchev–Trinajstić information content (AvgIpc) is 2.06. The van der Waals surface area contributed by atoms with E-state index in [4.69, 9.17) is 20.4 Å². The lowest BCUT2D eigenvalue weighted by Gasteiger charge is -1.93. The van der Waals surface area contributed by atoms with Crippen molar-refractivity contribution in [3.63, 3.8) is 0 Å². The van der Waals surface area contributed by atoms with E-state index in [1.54, 1.807) is 0 Å². The first kappa shape index (κ1) is 12.5. The van der Waals surface area contributed by atoms with E-state index in [1.807, 2.05) is 18.2 Å². The number of hydrogen-bond donors (Lipinski definition) is 4. The van der Waals surface area contributed by atoms with Crippen molar-refractivity contribution in [2.75, 3.05) is 6.54 Å². The molecule has 1 rings (SSSR count). The standard InChI is InChI=1S/C8H11N.H3O3P/c9-7-6-8-4-2-1-3-5-8;1-4(2)3/h1-5H,6-7,9H2;1-3H. The third-order valence-corrected chi connectivity index (χ3v) is 1.28. The predicted molar refractivity (Wildman–Crippen MR) is 52.8 cm³/mol. The summed E-state index contributed by atoms with van der Waals surface area (Å²) >= 11 is 0. The van der Waals surface area contributed by atoms with Crippen molar-refractivity contribution in [3.8, 4) is 0 Å². The Hall–Kier alpha value is -0.510. The van der Waals surface area contributed by atoms with Gasteiger partial charge in [0.05, 0.1) is 0 Å². The van der Waals surface area contributed by atoms with Gasteiger partial charge in [-0.3, -0.25) is 0 Å². The van der Waals surface area contributed by atoms with Crippen molar-refractivity contribution in [3.05, 3.63) is 35.9 Å². The predicted octanol–water partition coefficient (Wildman–Crippen LogP) is 0.378. The molecule has 0 bridgehead atoms. The molecule has 0 aliphatic rings. The summed E-state index contributed by atoms with van der Waals surface area (Å²) in [6, 6.07) is 10.3. The number of rotatable bonds is 2. The molecule has 0 aromatic heterocycles. The summed E-state index contributed by atoms with van der Waals surface area (Å²) in [5, 5.41) is 0. The molecule has 0 fully saturated rings. The summed E-state index contributed by atoms with van der Waals surface area (Å²) in [6.07, 6.45) is 0.987. The minimum absolute atomic E-state index is 0.740. The molecule has 5 heteroatoms. The molecule has 0 heterocycles. The maximum atomic E-state index is 7.23. The number of hydrogen-bond acceptors (Lipinski definition) is 4. The molecule has 0 radical (unpaired) electrons. The van der Waals surface area contributed by atoms with Gasteiger partial charge in [-0.25, -0.2) is 0 Å². The van der Waals surface area contributed by atoms with Gasteiger partial charge in [-0.05, 0) is 18.5 Å². The molecule has 13 heavy (non-hydrogen) atoms. The van der Waals surface area contributed by atoms with Crippen LogP contribution in [0.1, 0.15) is 5.56 Å². The summed E-state index contributed by atoms with van der Waals surface area (Å²) in [5.74, 6) is 0. The van der Waals surface area contributed by atoms with E-state index in [0.717, 1.165) is 13.0 Å². The van der Waals surface area contributed by atoms with E-state index in [9.17, 15) is 0 Å². The SMILES string of the molecule is NCCc1ccccc1.OP(O)O. The van der Waals surface area contributed by atoms with Crippen LogP contribution < -0.4 is 5.73 Å². The van der Waals surface area contributed by atoms with Gasteiger partial charge in [0.15, 0.2) is 0 Å². The Morgan fingerprint density at radius 3 is 1.92 bits per heavy atom. The molecule has 0 atom stereocenters. The van der Waals surface area contributed by atoms with Gasteiger partial charge in [-0.1, -0.05) is 30.3 Å². The van der Waals surface area contributed by atoms with Gasteiger partial charge < -0.3 is 20.4 Å². The van der Waals surface area contributed by atoms with Crippen LogP contribution >= 0.6 is 8.60 Å². The Labute approximate surface area is 78.6 Å². The van der Waals surface area contributed by atoms with Crippen LogP contribution in [0.25, 0.3) is 0 Å². The minimum atomic E-state index is -2.62. The lowest BCUT2D eigenvalue weighted by molar-refractivity contribution is 0.368. The molecule has 0 saturated heterocycles. The van der Waals surface area contributed by atoms with Gasteiger partial charge in [0.25, 0.3) is 0 Å². The zero-order valence-corrected chi connectivity index (χ0v) is 8.06. The summed E-state index contributed by atoms with van der Waals surface area (Å²) in [4.78, 5) is 21.7. The fourth-order valence-corrected chi connectivity index (χ4v) is 0.811. The highest BCUT2D eigenvalue weighted by Gasteiger charge is 1.84. The number of nitrogens with two attached hydrogens (primary N) is 1. The van der Waals surface area contributed by atoms with Gasteiger partial charge in [-0.15, -0.1) is 0 Å². The van der Waals surface area contributed by atoms with Crippen LogP contribution in [-0.4, -0.2) is 21.2 Å². The monoisotopic (exact) mass is 203 g/mol. The maximum absolute atomic E-state index is 7.23. The van der Waals surface area contributed by atoms with Crippen molar-refractivity contribution in [1.82, 2.24) is 0 Å². The van der Waals surface area contributed by atoms with Crippen LogP contribution in [0.2, 0.25) is 0 Å². The van der Waals surface area contributed by atoms with E-state index in [1.165, 1.54) is 5.56 Å². The normalized spacial score (nSPS) is 9.31. The lowest BCUT2D eigenvalue weighted by atomic mass is 10.2. The molecular formula is C8H14NO3P. The van der Waals surface area contributed by atoms with Gasteiger partial charge in [0.2, 0.25) is 0 Å². The van der Waals surface area contributed by atoms with E-state index in [0.29, 0.717) is 0 Å². The zero-order valence-electron chi connectivity index (χ0n) is 7.17. The van der Waals surface area contributed by atoms with Gasteiger partial charge in [0, 0.05) is 0 Å². The van der Waals surface area contributed by atoms with Gasteiger partial charge in [0.1, 0.15) is 0 Å². The second-order valence-electron chi connectivity index (χ2n) is 2.29. The fraction of sp³-hybridized carbons (Fsp3) is 0.250. The van der Waals surface area contributed by atoms with Crippen molar-refractivity contribution < 1.29 is 14.7 Å². The molecule has 74 valence electrons. The molecule has 0 aliphatic carbocycles. The van der Waals surface area contributed by atoms with Crippen LogP contribution in [0.5, 0.6) is 0 Å². The lowest BCUT2D eigenvalue weighted by Crippen LogP contribution is -2.01. The highest BCUT2D eigenvalue weighted by atomic mass is 31.2. The van der Waals surface area contributed by atoms with Crippen LogP contribution in [-0.2, 0) is 6.42 Å². The minimum Gasteiger partial charge on any atom is -0.330 e. The first-order valence-corrected chi connectivity index (χ1v) is 4.97. The Kier molecular flexibility index (Phi) is 7.79. The quantitative estimate of drug-likeness (QED) is 0.523. The maximum Gasteiger partial charge on any atom is 0.324 e. The Balaban J connectivity index is 0.000000310. The Morgan fingerprint density at radius 2 is 1.54 bits per heavy atom. The van der Waals surface area contributed by atoms with Crippen LogP contribution in [0.15, 0.2) is 30.3 Å². The molecule has 0 amide bonds. The highest BCUT2D eigenvalue weighted by Crippen LogP contribution is 2.11. The average molecular weight is 203 g/mol. The first-order valence-electron chi connectivity index (χ1n) is 3.77. The topological polar surface area (TPSA) is 86.7 Å². The van der Waals surface area contributed by atoms with Crippen LogP contribution in [0.3, 0.4) is 0 Å². The van der Waals surface area contributed by atoms with E-state index < -0.39 is 8.60 Å². The Bertz CT molecular complexity index is 203. The van der Waals surface area contributed by atoms with E-state index >= 15 is 0 Å². The van der Waals surface area contributed by atoms with Gasteiger partial charge in [-0.2, -0.15) is 0 Å². The molecular weight excluding hydrogens is 189 g/mol. The molecule has 0 aliphatic heterocycles. The Morgan fingerprint density at radius 1 is 1.08 bits per heavy atom. The number of benzene rings is 1. The van der Waals surface area contributed by atoms with Gasteiger partial charge >= 0.3 is 8.60 Å². The third kappa shape index (κ3) is 9.40. The summed E-state index contributed by atoms with van der Waals surface area (Å²) < 4.78 is 0. The van der Waals surface area contributed by atoms with Crippen molar-refractivity contribution in [2.24, 2.45) is 5.73 Å². The van der Waals surface area contributed by atoms with E-state index in [2.05, 4.69) is 12.1 Å². The highest BCUT2D eigenvalue weighted by molar-refractivity contribution is 7.38.